The van der Waals surface area contributed by atoms with Gasteiger partial charge in [0.1, 0.15) is 5.82 Å². The van der Waals surface area contributed by atoms with Gasteiger partial charge in [-0.25, -0.2) is 4.98 Å². The average Bonchev–Trinajstić information content (AvgIpc) is 3.29. The van der Waals surface area contributed by atoms with Crippen LogP contribution in [0.4, 0.5) is 0 Å². The number of rotatable bonds is 9. The third-order valence-electron chi connectivity index (χ3n) is 4.41. The quantitative estimate of drug-likeness (QED) is 0.498. The number of benzene rings is 1. The van der Waals surface area contributed by atoms with Gasteiger partial charge in [-0.1, -0.05) is 62.6 Å². The third kappa shape index (κ3) is 4.78. The van der Waals surface area contributed by atoms with Gasteiger partial charge in [0.15, 0.2) is 5.82 Å². The van der Waals surface area contributed by atoms with Crippen LogP contribution in [-0.2, 0) is 6.42 Å². The van der Waals surface area contributed by atoms with Gasteiger partial charge in [0.25, 0.3) is 0 Å². The molecule has 0 aliphatic rings. The highest BCUT2D eigenvalue weighted by molar-refractivity contribution is 7.13. The van der Waals surface area contributed by atoms with E-state index in [0.29, 0.717) is 5.92 Å². The van der Waals surface area contributed by atoms with Crippen LogP contribution in [0.5, 0.6) is 0 Å². The van der Waals surface area contributed by atoms with Crippen molar-refractivity contribution in [3.8, 4) is 10.7 Å². The third-order valence-corrected chi connectivity index (χ3v) is 5.27. The number of hydrogen-bond acceptors (Lipinski definition) is 3. The predicted molar refractivity (Wildman–Crippen MR) is 101 cm³/mol. The van der Waals surface area contributed by atoms with Crippen LogP contribution in [0.3, 0.4) is 0 Å². The zero-order valence-electron chi connectivity index (χ0n) is 14.2. The molecule has 1 atom stereocenters. The van der Waals surface area contributed by atoms with E-state index in [-0.39, 0.29) is 0 Å². The number of aromatic nitrogens is 3. The molecule has 3 aromatic rings. The van der Waals surface area contributed by atoms with Crippen molar-refractivity contribution >= 4 is 11.3 Å². The Morgan fingerprint density at radius 1 is 1.00 bits per heavy atom. The molecule has 2 aromatic heterocycles. The minimum Gasteiger partial charge on any atom is -0.262 e. The molecule has 0 spiro atoms. The highest BCUT2D eigenvalue weighted by Crippen LogP contribution is 2.24. The van der Waals surface area contributed by atoms with Crippen molar-refractivity contribution in [3.63, 3.8) is 0 Å². The molecule has 2 heterocycles. The highest BCUT2D eigenvalue weighted by atomic mass is 32.1. The van der Waals surface area contributed by atoms with Gasteiger partial charge in [0, 0.05) is 5.92 Å². The van der Waals surface area contributed by atoms with Gasteiger partial charge in [-0.3, -0.25) is 5.10 Å². The van der Waals surface area contributed by atoms with Crippen LogP contribution in [0.15, 0.2) is 47.8 Å². The molecule has 0 aliphatic carbocycles. The molecule has 0 radical (unpaired) electrons. The number of thiophene rings is 1. The number of nitrogens with one attached hydrogen (secondary N) is 1. The molecule has 1 unspecified atom stereocenters. The molecule has 0 fully saturated rings. The summed E-state index contributed by atoms with van der Waals surface area (Å²) >= 11 is 1.68. The van der Waals surface area contributed by atoms with Crippen molar-refractivity contribution < 1.29 is 0 Å². The molecular weight excluding hydrogens is 314 g/mol. The monoisotopic (exact) mass is 339 g/mol. The fraction of sp³-hybridized carbons (Fsp3) is 0.400. The lowest BCUT2D eigenvalue weighted by Crippen LogP contribution is -1.97. The summed E-state index contributed by atoms with van der Waals surface area (Å²) in [4.78, 5) is 5.78. The highest BCUT2D eigenvalue weighted by Gasteiger charge is 2.12. The van der Waals surface area contributed by atoms with Crippen LogP contribution in [0, 0.1) is 0 Å². The molecule has 0 bridgehead atoms. The Kier molecular flexibility index (Phi) is 6.19. The second-order valence-corrected chi connectivity index (χ2v) is 7.31. The number of nitrogens with zero attached hydrogens (tertiary/aromatic N) is 2. The summed E-state index contributed by atoms with van der Waals surface area (Å²) in [6, 6.07) is 14.9. The maximum Gasteiger partial charge on any atom is 0.191 e. The Bertz CT molecular complexity index is 704. The maximum absolute atomic E-state index is 4.65. The van der Waals surface area contributed by atoms with Crippen LogP contribution in [-0.4, -0.2) is 15.2 Å². The molecule has 24 heavy (non-hydrogen) atoms. The second-order valence-electron chi connectivity index (χ2n) is 6.36. The Morgan fingerprint density at radius 3 is 2.62 bits per heavy atom. The average molecular weight is 340 g/mol. The lowest BCUT2D eigenvalue weighted by molar-refractivity contribution is 0.555. The summed E-state index contributed by atoms with van der Waals surface area (Å²) in [6.45, 7) is 2.24. The van der Waals surface area contributed by atoms with Crippen molar-refractivity contribution in [2.75, 3.05) is 0 Å². The molecule has 126 valence electrons. The molecular formula is C20H25N3S. The van der Waals surface area contributed by atoms with Crippen molar-refractivity contribution in [2.45, 2.75) is 51.4 Å². The summed E-state index contributed by atoms with van der Waals surface area (Å²) < 4.78 is 0. The van der Waals surface area contributed by atoms with Gasteiger partial charge in [-0.15, -0.1) is 11.3 Å². The topological polar surface area (TPSA) is 41.6 Å². The second kappa shape index (κ2) is 8.78. The largest absolute Gasteiger partial charge is 0.262 e. The van der Waals surface area contributed by atoms with E-state index in [0.717, 1.165) is 16.5 Å². The Balaban J connectivity index is 1.35. The van der Waals surface area contributed by atoms with E-state index in [1.807, 2.05) is 6.07 Å². The van der Waals surface area contributed by atoms with Gasteiger partial charge >= 0.3 is 0 Å². The van der Waals surface area contributed by atoms with Crippen molar-refractivity contribution in [2.24, 2.45) is 0 Å². The van der Waals surface area contributed by atoms with Crippen LogP contribution in [0.1, 0.15) is 56.3 Å². The van der Waals surface area contributed by atoms with Crippen molar-refractivity contribution in [1.29, 1.82) is 0 Å². The minimum atomic E-state index is 0.445. The molecule has 0 aliphatic heterocycles. The molecule has 0 saturated carbocycles. The fourth-order valence-corrected chi connectivity index (χ4v) is 3.58. The first kappa shape index (κ1) is 16.9. The molecule has 3 rings (SSSR count). The van der Waals surface area contributed by atoms with Gasteiger partial charge < -0.3 is 0 Å². The molecule has 4 heteroatoms. The van der Waals surface area contributed by atoms with Gasteiger partial charge in [-0.05, 0) is 36.3 Å². The Hall–Kier alpha value is -1.94. The van der Waals surface area contributed by atoms with Crippen LogP contribution in [0.25, 0.3) is 10.7 Å². The molecule has 0 amide bonds. The maximum atomic E-state index is 4.65. The summed E-state index contributed by atoms with van der Waals surface area (Å²) in [5, 5.41) is 9.52. The summed E-state index contributed by atoms with van der Waals surface area (Å²) in [7, 11) is 0. The zero-order chi connectivity index (χ0) is 16.6. The Labute approximate surface area is 148 Å². The van der Waals surface area contributed by atoms with E-state index in [2.05, 4.69) is 63.9 Å². The van der Waals surface area contributed by atoms with Crippen molar-refractivity contribution in [1.82, 2.24) is 15.2 Å². The van der Waals surface area contributed by atoms with Crippen molar-refractivity contribution in [3.05, 3.63) is 59.2 Å². The minimum absolute atomic E-state index is 0.445. The standard InChI is InChI=1S/C20H25N3S/c1-16(19-21-20(23-22-19)18-14-9-15-24-18)10-5-2-3-6-11-17-12-7-4-8-13-17/h4,7-9,12-16H,2-3,5-6,10-11H2,1H3,(H,21,22,23). The number of aryl methyl sites for hydroxylation is 1. The molecule has 1 N–H and O–H groups in total. The van der Waals surface area contributed by atoms with E-state index >= 15 is 0 Å². The smallest absolute Gasteiger partial charge is 0.191 e. The van der Waals surface area contributed by atoms with Crippen LogP contribution in [0.2, 0.25) is 0 Å². The van der Waals surface area contributed by atoms with Gasteiger partial charge in [0.05, 0.1) is 4.88 Å². The van der Waals surface area contributed by atoms with E-state index in [1.165, 1.54) is 44.1 Å². The Morgan fingerprint density at radius 2 is 1.83 bits per heavy atom. The lowest BCUT2D eigenvalue weighted by Gasteiger charge is -2.07. The number of H-pyrrole nitrogens is 1. The zero-order valence-corrected chi connectivity index (χ0v) is 15.1. The predicted octanol–water partition coefficient (Wildman–Crippen LogP) is 5.83. The normalized spacial score (nSPS) is 12.4. The lowest BCUT2D eigenvalue weighted by atomic mass is 10.0. The van der Waals surface area contributed by atoms with Crippen LogP contribution < -0.4 is 0 Å². The summed E-state index contributed by atoms with van der Waals surface area (Å²) in [6.07, 6.45) is 7.50. The van der Waals surface area contributed by atoms with Gasteiger partial charge in [0.2, 0.25) is 0 Å². The molecule has 0 saturated heterocycles. The van der Waals surface area contributed by atoms with E-state index in [4.69, 9.17) is 0 Å². The first-order chi connectivity index (χ1) is 11.8. The summed E-state index contributed by atoms with van der Waals surface area (Å²) in [5.74, 6) is 2.29. The fourth-order valence-electron chi connectivity index (χ4n) is 2.93. The van der Waals surface area contributed by atoms with E-state index in [1.54, 1.807) is 11.3 Å². The van der Waals surface area contributed by atoms with Crippen LogP contribution >= 0.6 is 11.3 Å². The summed E-state index contributed by atoms with van der Waals surface area (Å²) in [5.41, 5.74) is 1.45. The van der Waals surface area contributed by atoms with E-state index in [9.17, 15) is 0 Å². The van der Waals surface area contributed by atoms with E-state index < -0.39 is 0 Å². The van der Waals surface area contributed by atoms with Gasteiger partial charge in [-0.2, -0.15) is 5.10 Å². The first-order valence-electron chi connectivity index (χ1n) is 8.83. The number of hydrogen-bond donors (Lipinski definition) is 1. The SMILES string of the molecule is CC(CCCCCCc1ccccc1)c1nc(-c2cccs2)n[nH]1. The molecule has 3 nitrogen and oxygen atoms in total. The first-order valence-corrected chi connectivity index (χ1v) is 9.71. The number of unbranched alkanes of at least 4 members (excludes halogenated alkanes) is 3. The molecule has 1 aromatic carbocycles. The number of aromatic amines is 1.